The Kier molecular flexibility index (Phi) is 7.63. The Bertz CT molecular complexity index is 390. The quantitative estimate of drug-likeness (QED) is 0.549. The Morgan fingerprint density at radius 3 is 2.67 bits per heavy atom. The van der Waals surface area contributed by atoms with Crippen molar-refractivity contribution in [1.82, 2.24) is 5.32 Å². The van der Waals surface area contributed by atoms with Gasteiger partial charge >= 0.3 is 135 Å². The van der Waals surface area contributed by atoms with E-state index in [1.807, 2.05) is 20.8 Å². The summed E-state index contributed by atoms with van der Waals surface area (Å²) in [6.45, 7) is 6.15. The van der Waals surface area contributed by atoms with E-state index in [2.05, 4.69) is 17.5 Å². The van der Waals surface area contributed by atoms with Crippen LogP contribution in [0, 0.1) is 0 Å². The molecule has 1 N–H and O–H groups in total. The number of allylic oxidation sites excluding steroid dienone is 2. The predicted molar refractivity (Wildman–Crippen MR) is 83.9 cm³/mol. The van der Waals surface area contributed by atoms with Crippen LogP contribution in [0.2, 0.25) is 7.85 Å². The van der Waals surface area contributed by atoms with Gasteiger partial charge in [-0.3, -0.25) is 0 Å². The van der Waals surface area contributed by atoms with Crippen molar-refractivity contribution in [2.45, 2.75) is 53.5 Å². The average Bonchev–Trinajstić information content (AvgIpc) is 2.83. The van der Waals surface area contributed by atoms with Crippen LogP contribution < -0.4 is 5.32 Å². The molecule has 1 aliphatic rings. The molecule has 118 valence electrons. The molecule has 1 rings (SSSR count). The van der Waals surface area contributed by atoms with E-state index in [4.69, 9.17) is 9.47 Å². The van der Waals surface area contributed by atoms with Crippen molar-refractivity contribution >= 4 is 31.3 Å². The van der Waals surface area contributed by atoms with Crippen molar-refractivity contribution in [3.05, 3.63) is 12.2 Å². The molecule has 0 radical (unpaired) electrons. The molecule has 5 nitrogen and oxygen atoms in total. The third kappa shape index (κ3) is 7.25. The van der Waals surface area contributed by atoms with Crippen LogP contribution in [0.15, 0.2) is 12.2 Å². The first kappa shape index (κ1) is 18.4. The zero-order valence-corrected chi connectivity index (χ0v) is 16.8. The van der Waals surface area contributed by atoms with Gasteiger partial charge in [0.1, 0.15) is 0 Å². The summed E-state index contributed by atoms with van der Waals surface area (Å²) >= 11 is -2.21. The molecule has 1 heterocycles. The molecule has 6 heteroatoms. The van der Waals surface area contributed by atoms with Crippen LogP contribution in [-0.2, 0) is 9.47 Å². The fourth-order valence-electron chi connectivity index (χ4n) is 2.44. The van der Waals surface area contributed by atoms with E-state index in [-0.39, 0.29) is 9.82 Å². The summed E-state index contributed by atoms with van der Waals surface area (Å²) in [6.07, 6.45) is 6.91. The van der Waals surface area contributed by atoms with Crippen molar-refractivity contribution in [2.75, 3.05) is 13.7 Å². The molecule has 21 heavy (non-hydrogen) atoms. The van der Waals surface area contributed by atoms with Crippen LogP contribution in [0.3, 0.4) is 0 Å². The second-order valence-corrected chi connectivity index (χ2v) is 15.0. The maximum absolute atomic E-state index is 11.7. The molecule has 0 bridgehead atoms. The summed E-state index contributed by atoms with van der Waals surface area (Å²) in [5.41, 5.74) is -0.457. The van der Waals surface area contributed by atoms with E-state index in [0.717, 1.165) is 23.4 Å². The van der Waals surface area contributed by atoms with Gasteiger partial charge in [0, 0.05) is 0 Å². The van der Waals surface area contributed by atoms with Crippen molar-refractivity contribution in [1.29, 1.82) is 0 Å². The molecule has 0 spiro atoms. The Hall–Kier alpha value is -0.650. The van der Waals surface area contributed by atoms with Gasteiger partial charge in [0.15, 0.2) is 0 Å². The molecule has 1 aliphatic heterocycles. The first-order chi connectivity index (χ1) is 9.83. The zero-order valence-electron chi connectivity index (χ0n) is 13.5. The summed E-state index contributed by atoms with van der Waals surface area (Å²) in [7, 11) is 1.49. The van der Waals surface area contributed by atoms with Gasteiger partial charge in [-0.25, -0.2) is 0 Å². The first-order valence-electron chi connectivity index (χ1n) is 7.55. The topological polar surface area (TPSA) is 64.6 Å². The molecule has 0 aliphatic carbocycles. The van der Waals surface area contributed by atoms with Crippen LogP contribution >= 0.6 is 0 Å². The predicted octanol–water partition coefficient (Wildman–Crippen LogP) is 3.46. The van der Waals surface area contributed by atoms with E-state index in [9.17, 15) is 9.59 Å². The number of amides is 1. The van der Waals surface area contributed by atoms with Crippen LogP contribution in [0.25, 0.3) is 0 Å². The number of ether oxygens (including phenoxy) is 2. The number of alkyl carbamates (subject to hydrolysis) is 1. The molecule has 1 amide bonds. The number of unbranched alkanes of at least 4 members (excludes halogenated alkanes) is 1. The monoisotopic (exact) mass is 399 g/mol. The summed E-state index contributed by atoms with van der Waals surface area (Å²) in [6, 6.07) is 0. The van der Waals surface area contributed by atoms with Gasteiger partial charge in [-0.2, -0.15) is 0 Å². The van der Waals surface area contributed by atoms with Crippen molar-refractivity contribution in [2.24, 2.45) is 0 Å². The summed E-state index contributed by atoms with van der Waals surface area (Å²) in [5, 5.41) is 2.76. The SMILES string of the molecule is CO[C](=O)[In]1[CH2]C=C[CH]1CCCCNC(=O)OC(C)(C)C. The van der Waals surface area contributed by atoms with E-state index >= 15 is 0 Å². The normalized spacial score (nSPS) is 17.7. The minimum atomic E-state index is -2.21. The fourth-order valence-corrected chi connectivity index (χ4v) is 10.2. The molecule has 0 aromatic heterocycles. The van der Waals surface area contributed by atoms with E-state index < -0.39 is 27.0 Å². The number of carbonyl (C=O) groups excluding carboxylic acids is 2. The molecule has 0 aromatic carbocycles. The van der Waals surface area contributed by atoms with Gasteiger partial charge in [0.2, 0.25) is 0 Å². The Labute approximate surface area is 135 Å². The average molecular weight is 399 g/mol. The number of nitrogens with one attached hydrogen (secondary N) is 1. The molecule has 0 saturated heterocycles. The van der Waals surface area contributed by atoms with Gasteiger partial charge in [-0.15, -0.1) is 0 Å². The van der Waals surface area contributed by atoms with Gasteiger partial charge in [-0.05, 0) is 0 Å². The van der Waals surface area contributed by atoms with Crippen molar-refractivity contribution < 1.29 is 19.1 Å². The van der Waals surface area contributed by atoms with Crippen molar-refractivity contribution in [3.63, 3.8) is 0 Å². The van der Waals surface area contributed by atoms with E-state index in [0.29, 0.717) is 10.2 Å². The van der Waals surface area contributed by atoms with Crippen LogP contribution in [-0.4, -0.2) is 50.5 Å². The molecule has 0 saturated carbocycles. The van der Waals surface area contributed by atoms with Gasteiger partial charge in [0.25, 0.3) is 0 Å². The Balaban J connectivity index is 2.15. The molecule has 0 fully saturated rings. The van der Waals surface area contributed by atoms with Gasteiger partial charge in [-0.1, -0.05) is 0 Å². The van der Waals surface area contributed by atoms with Gasteiger partial charge in [0.05, 0.1) is 0 Å². The number of hydrogen-bond acceptors (Lipinski definition) is 4. The van der Waals surface area contributed by atoms with Crippen LogP contribution in [0.4, 0.5) is 9.59 Å². The molecular weight excluding hydrogens is 373 g/mol. The molecule has 0 aromatic rings. The number of methoxy groups -OCH3 is 1. The number of rotatable bonds is 6. The summed E-state index contributed by atoms with van der Waals surface area (Å²) in [4.78, 5) is 23.2. The number of hydrogen-bond donors (Lipinski definition) is 1. The third-order valence-corrected chi connectivity index (χ3v) is 12.6. The maximum atomic E-state index is 11.7. The molecular formula is C15H26InNO4. The van der Waals surface area contributed by atoms with E-state index in [1.54, 1.807) is 0 Å². The standard InChI is InChI=1S/C13H23NO2.C2H3O2.In/c1-5-6-7-8-9-10-11-14-12(15)16-13(2,3)4;1-4-2-3;/h5-7H,1,8-11H2,2-4H3,(H,14,15);1H3;. The molecule has 1 unspecified atom stereocenters. The third-order valence-electron chi connectivity index (χ3n) is 3.43. The fraction of sp³-hybridized carbons (Fsp3) is 0.733. The van der Waals surface area contributed by atoms with Gasteiger partial charge < -0.3 is 0 Å². The Morgan fingerprint density at radius 2 is 2.05 bits per heavy atom. The minimum absolute atomic E-state index is 0.0821. The first-order valence-corrected chi connectivity index (χ1v) is 13.4. The van der Waals surface area contributed by atoms with E-state index in [1.165, 1.54) is 7.11 Å². The summed E-state index contributed by atoms with van der Waals surface area (Å²) in [5.74, 6) is 0. The van der Waals surface area contributed by atoms with Crippen molar-refractivity contribution in [3.8, 4) is 0 Å². The van der Waals surface area contributed by atoms with Crippen LogP contribution in [0.1, 0.15) is 40.0 Å². The second kappa shape index (κ2) is 8.71. The second-order valence-electron chi connectivity index (χ2n) is 6.38. The van der Waals surface area contributed by atoms with Crippen LogP contribution in [0.5, 0.6) is 0 Å². The number of carbonyl (C=O) groups is 2. The zero-order chi connectivity index (χ0) is 15.9. The Morgan fingerprint density at radius 1 is 1.33 bits per heavy atom. The summed E-state index contributed by atoms with van der Waals surface area (Å²) < 4.78 is 11.6. The molecule has 1 atom stereocenters.